The lowest BCUT2D eigenvalue weighted by Crippen LogP contribution is -2.06. The third-order valence-corrected chi connectivity index (χ3v) is 1.29. The Morgan fingerprint density at radius 1 is 1.60 bits per heavy atom. The smallest absolute Gasteiger partial charge is 0.183 e. The first-order valence-electron chi connectivity index (χ1n) is 2.81. The molecule has 0 fully saturated rings. The molecule has 1 rings (SSSR count). The van der Waals surface area contributed by atoms with Crippen LogP contribution in [0, 0.1) is 0 Å². The Morgan fingerprint density at radius 2 is 2.30 bits per heavy atom. The number of hydrogen-bond donors (Lipinski definition) is 2. The molecule has 0 amide bonds. The van der Waals surface area contributed by atoms with E-state index in [9.17, 15) is 4.79 Å². The third kappa shape index (κ3) is 1.59. The van der Waals surface area contributed by atoms with Crippen LogP contribution in [0.3, 0.4) is 0 Å². The molecule has 1 heterocycles. The number of pyridine rings is 1. The molecule has 0 atom stereocenters. The molecule has 0 saturated carbocycles. The van der Waals surface area contributed by atoms with Crippen molar-refractivity contribution in [2.45, 2.75) is 6.54 Å². The quantitative estimate of drug-likeness (QED) is 0.585. The zero-order valence-electron chi connectivity index (χ0n) is 5.23. The summed E-state index contributed by atoms with van der Waals surface area (Å²) in [5.74, 6) is 0. The van der Waals surface area contributed by atoms with Crippen molar-refractivity contribution in [3.63, 3.8) is 0 Å². The van der Waals surface area contributed by atoms with Crippen LogP contribution < -0.4 is 11.2 Å². The van der Waals surface area contributed by atoms with E-state index in [1.54, 1.807) is 0 Å². The van der Waals surface area contributed by atoms with Crippen molar-refractivity contribution >= 4 is 11.6 Å². The van der Waals surface area contributed by atoms with Gasteiger partial charge in [-0.25, -0.2) is 0 Å². The van der Waals surface area contributed by atoms with Crippen molar-refractivity contribution in [2.24, 2.45) is 5.73 Å². The minimum absolute atomic E-state index is 0.121. The van der Waals surface area contributed by atoms with E-state index < -0.39 is 0 Å². The fraction of sp³-hybridized carbons (Fsp3) is 0.167. The highest BCUT2D eigenvalue weighted by molar-refractivity contribution is 6.29. The summed E-state index contributed by atoms with van der Waals surface area (Å²) in [5.41, 5.74) is 5.79. The fourth-order valence-electron chi connectivity index (χ4n) is 0.674. The van der Waals surface area contributed by atoms with Crippen LogP contribution in [-0.2, 0) is 6.54 Å². The maximum absolute atomic E-state index is 10.7. The lowest BCUT2D eigenvalue weighted by atomic mass is 10.3. The van der Waals surface area contributed by atoms with Gasteiger partial charge >= 0.3 is 0 Å². The maximum Gasteiger partial charge on any atom is 0.183 e. The molecule has 0 aliphatic heterocycles. The van der Waals surface area contributed by atoms with E-state index in [0.29, 0.717) is 17.4 Å². The van der Waals surface area contributed by atoms with E-state index in [4.69, 9.17) is 17.3 Å². The first-order valence-corrected chi connectivity index (χ1v) is 3.19. The van der Waals surface area contributed by atoms with Gasteiger partial charge in [0.15, 0.2) is 5.43 Å². The largest absolute Gasteiger partial charge is 0.348 e. The van der Waals surface area contributed by atoms with E-state index in [2.05, 4.69) is 4.98 Å². The third-order valence-electron chi connectivity index (χ3n) is 1.09. The molecule has 1 aromatic rings. The lowest BCUT2D eigenvalue weighted by Gasteiger charge is -1.95. The van der Waals surface area contributed by atoms with E-state index in [1.165, 1.54) is 12.1 Å². The van der Waals surface area contributed by atoms with Crippen LogP contribution in [0.25, 0.3) is 0 Å². The molecule has 0 aliphatic carbocycles. The molecule has 0 aromatic carbocycles. The Hall–Kier alpha value is -0.800. The van der Waals surface area contributed by atoms with Gasteiger partial charge in [0.05, 0.1) is 0 Å². The van der Waals surface area contributed by atoms with Crippen LogP contribution in [0.2, 0.25) is 5.15 Å². The van der Waals surface area contributed by atoms with Gasteiger partial charge in [-0.15, -0.1) is 0 Å². The molecular formula is C6H7ClN2O. The Balaban J connectivity index is 3.19. The van der Waals surface area contributed by atoms with Gasteiger partial charge in [0, 0.05) is 24.4 Å². The molecule has 0 bridgehead atoms. The second kappa shape index (κ2) is 2.86. The molecule has 1 aromatic heterocycles. The van der Waals surface area contributed by atoms with Crippen LogP contribution in [-0.4, -0.2) is 4.98 Å². The fourth-order valence-corrected chi connectivity index (χ4v) is 0.903. The molecule has 0 spiro atoms. The Morgan fingerprint density at radius 3 is 2.80 bits per heavy atom. The van der Waals surface area contributed by atoms with Crippen molar-refractivity contribution < 1.29 is 0 Å². The molecule has 10 heavy (non-hydrogen) atoms. The monoisotopic (exact) mass is 158 g/mol. The molecule has 0 radical (unpaired) electrons. The second-order valence-electron chi connectivity index (χ2n) is 1.89. The molecule has 0 unspecified atom stereocenters. The summed E-state index contributed by atoms with van der Waals surface area (Å²) in [4.78, 5) is 13.4. The van der Waals surface area contributed by atoms with E-state index in [1.807, 2.05) is 0 Å². The summed E-state index contributed by atoms with van der Waals surface area (Å²) in [7, 11) is 0. The first kappa shape index (κ1) is 7.31. The standard InChI is InChI=1S/C6H7ClN2O/c7-6-2-5(10)1-4(3-8)9-6/h1-2H,3,8H2,(H,9,10). The number of halogens is 1. The summed E-state index contributed by atoms with van der Waals surface area (Å²) < 4.78 is 0. The molecule has 54 valence electrons. The molecule has 0 saturated heterocycles. The van der Waals surface area contributed by atoms with Gasteiger partial charge in [-0.1, -0.05) is 11.6 Å². The van der Waals surface area contributed by atoms with Crippen LogP contribution >= 0.6 is 11.6 Å². The van der Waals surface area contributed by atoms with Crippen molar-refractivity contribution in [2.75, 3.05) is 0 Å². The topological polar surface area (TPSA) is 58.9 Å². The summed E-state index contributed by atoms with van der Waals surface area (Å²) in [6.45, 7) is 0.301. The van der Waals surface area contributed by atoms with Gasteiger partial charge in [0.25, 0.3) is 0 Å². The normalized spacial score (nSPS) is 9.80. The Bertz CT molecular complexity index is 281. The van der Waals surface area contributed by atoms with Crippen LogP contribution in [0.1, 0.15) is 5.69 Å². The average molecular weight is 159 g/mol. The minimum atomic E-state index is -0.121. The van der Waals surface area contributed by atoms with Gasteiger partial charge in [0.2, 0.25) is 0 Å². The molecule has 0 aliphatic rings. The zero-order chi connectivity index (χ0) is 7.56. The summed E-state index contributed by atoms with van der Waals surface area (Å²) >= 11 is 5.52. The summed E-state index contributed by atoms with van der Waals surface area (Å²) in [5, 5.41) is 0.327. The highest BCUT2D eigenvalue weighted by Crippen LogP contribution is 1.99. The highest BCUT2D eigenvalue weighted by Gasteiger charge is 1.92. The van der Waals surface area contributed by atoms with Crippen LogP contribution in [0.4, 0.5) is 0 Å². The van der Waals surface area contributed by atoms with Crippen molar-refractivity contribution in [3.8, 4) is 0 Å². The summed E-state index contributed by atoms with van der Waals surface area (Å²) in [6.07, 6.45) is 0. The molecule has 4 heteroatoms. The van der Waals surface area contributed by atoms with E-state index in [-0.39, 0.29) is 5.43 Å². The van der Waals surface area contributed by atoms with Crippen LogP contribution in [0.15, 0.2) is 16.9 Å². The van der Waals surface area contributed by atoms with Gasteiger partial charge in [-0.3, -0.25) is 4.79 Å². The van der Waals surface area contributed by atoms with Gasteiger partial charge in [-0.05, 0) is 0 Å². The molecule has 3 N–H and O–H groups in total. The number of rotatable bonds is 1. The number of H-pyrrole nitrogens is 1. The number of nitrogens with one attached hydrogen (secondary N) is 1. The van der Waals surface area contributed by atoms with Gasteiger partial charge in [-0.2, -0.15) is 0 Å². The number of hydrogen-bond acceptors (Lipinski definition) is 2. The zero-order valence-corrected chi connectivity index (χ0v) is 5.98. The number of aromatic amines is 1. The second-order valence-corrected chi connectivity index (χ2v) is 2.30. The van der Waals surface area contributed by atoms with Crippen molar-refractivity contribution in [1.82, 2.24) is 4.98 Å². The van der Waals surface area contributed by atoms with Crippen LogP contribution in [0.5, 0.6) is 0 Å². The molecular weight excluding hydrogens is 152 g/mol. The predicted molar refractivity (Wildman–Crippen MR) is 40.0 cm³/mol. The summed E-state index contributed by atoms with van der Waals surface area (Å²) in [6, 6.07) is 2.73. The minimum Gasteiger partial charge on any atom is -0.348 e. The van der Waals surface area contributed by atoms with Crippen molar-refractivity contribution in [1.29, 1.82) is 0 Å². The Labute approximate surface area is 62.8 Å². The number of nitrogens with two attached hydrogens (primary N) is 1. The van der Waals surface area contributed by atoms with Gasteiger partial charge < -0.3 is 10.7 Å². The lowest BCUT2D eigenvalue weighted by molar-refractivity contribution is 0.986. The Kier molecular flexibility index (Phi) is 2.09. The maximum atomic E-state index is 10.7. The van der Waals surface area contributed by atoms with E-state index in [0.717, 1.165) is 0 Å². The predicted octanol–water partition coefficient (Wildman–Crippen LogP) is 0.487. The highest BCUT2D eigenvalue weighted by atomic mass is 35.5. The van der Waals surface area contributed by atoms with Gasteiger partial charge in [0.1, 0.15) is 5.15 Å². The molecule has 3 nitrogen and oxygen atoms in total. The SMILES string of the molecule is NCc1cc(=O)cc(Cl)[nH]1. The van der Waals surface area contributed by atoms with Crippen molar-refractivity contribution in [3.05, 3.63) is 33.2 Å². The average Bonchev–Trinajstić information content (AvgIpc) is 1.85. The van der Waals surface area contributed by atoms with E-state index >= 15 is 0 Å². The number of aromatic nitrogens is 1. The first-order chi connectivity index (χ1) is 4.72.